The minimum absolute atomic E-state index is 0.178. The molecule has 0 aromatic heterocycles. The van der Waals surface area contributed by atoms with Gasteiger partial charge in [0, 0.05) is 6.04 Å². The molecule has 2 atom stereocenters. The lowest BCUT2D eigenvalue weighted by Gasteiger charge is -2.19. The van der Waals surface area contributed by atoms with Gasteiger partial charge in [-0.2, -0.15) is 0 Å². The molecule has 1 aromatic rings. The van der Waals surface area contributed by atoms with Gasteiger partial charge in [0.1, 0.15) is 6.54 Å². The second-order valence-electron chi connectivity index (χ2n) is 8.26. The van der Waals surface area contributed by atoms with Crippen LogP contribution in [-0.4, -0.2) is 53.7 Å². The first-order chi connectivity index (χ1) is 14.9. The van der Waals surface area contributed by atoms with Crippen molar-refractivity contribution in [1.29, 1.82) is 0 Å². The first-order valence-corrected chi connectivity index (χ1v) is 10.6. The average Bonchev–Trinajstić information content (AvgIpc) is 3.55. The van der Waals surface area contributed by atoms with Crippen molar-refractivity contribution in [3.8, 4) is 0 Å². The molecule has 9 heteroatoms. The van der Waals surface area contributed by atoms with Gasteiger partial charge in [-0.15, -0.1) is 0 Å². The summed E-state index contributed by atoms with van der Waals surface area (Å²) in [7, 11) is 0. The van der Waals surface area contributed by atoms with Crippen LogP contribution in [-0.2, 0) is 23.9 Å². The van der Waals surface area contributed by atoms with E-state index in [0.717, 1.165) is 30.6 Å². The van der Waals surface area contributed by atoms with Crippen LogP contribution in [0.2, 0.25) is 0 Å². The molecule has 2 aliphatic carbocycles. The third-order valence-corrected chi connectivity index (χ3v) is 5.94. The van der Waals surface area contributed by atoms with Gasteiger partial charge in [0.15, 0.2) is 6.61 Å². The summed E-state index contributed by atoms with van der Waals surface area (Å²) >= 11 is 0. The number of imide groups is 1. The van der Waals surface area contributed by atoms with Gasteiger partial charge < -0.3 is 15.4 Å². The SMILES string of the molecule is O=C(COC(=O)CN1C(=O)C2CCCCC2C1=O)Nc1ccccc1C(=O)NC1CC1. The summed E-state index contributed by atoms with van der Waals surface area (Å²) in [4.78, 5) is 62.5. The molecule has 1 aromatic carbocycles. The van der Waals surface area contributed by atoms with E-state index >= 15 is 0 Å². The summed E-state index contributed by atoms with van der Waals surface area (Å²) < 4.78 is 4.97. The van der Waals surface area contributed by atoms with E-state index in [1.54, 1.807) is 24.3 Å². The van der Waals surface area contributed by atoms with Gasteiger partial charge in [-0.3, -0.25) is 28.9 Å². The topological polar surface area (TPSA) is 122 Å². The van der Waals surface area contributed by atoms with Gasteiger partial charge in [-0.1, -0.05) is 25.0 Å². The highest BCUT2D eigenvalue weighted by Crippen LogP contribution is 2.37. The van der Waals surface area contributed by atoms with Crippen LogP contribution in [0.3, 0.4) is 0 Å². The van der Waals surface area contributed by atoms with Crippen molar-refractivity contribution in [1.82, 2.24) is 10.2 Å². The van der Waals surface area contributed by atoms with Gasteiger partial charge in [0.05, 0.1) is 23.1 Å². The van der Waals surface area contributed by atoms with E-state index in [1.165, 1.54) is 0 Å². The predicted octanol–water partition coefficient (Wildman–Crippen LogP) is 1.24. The van der Waals surface area contributed by atoms with Crippen molar-refractivity contribution in [2.24, 2.45) is 11.8 Å². The standard InChI is InChI=1S/C22H25N3O6/c26-18(24-17-8-4-3-7-16(17)20(28)23-13-9-10-13)12-31-19(27)11-25-21(29)14-5-1-2-6-15(14)22(25)30/h3-4,7-8,13-15H,1-2,5-6,9-12H2,(H,23,28)(H,24,26). The Kier molecular flexibility index (Phi) is 6.01. The van der Waals surface area contributed by atoms with E-state index in [9.17, 15) is 24.0 Å². The number of amides is 4. The molecule has 3 aliphatic rings. The van der Waals surface area contributed by atoms with E-state index in [2.05, 4.69) is 10.6 Å². The third kappa shape index (κ3) is 4.76. The zero-order valence-electron chi connectivity index (χ0n) is 17.1. The average molecular weight is 427 g/mol. The van der Waals surface area contributed by atoms with Crippen molar-refractivity contribution in [3.05, 3.63) is 29.8 Å². The summed E-state index contributed by atoms with van der Waals surface area (Å²) in [6.07, 6.45) is 5.02. The molecule has 3 fully saturated rings. The number of ether oxygens (including phenoxy) is 1. The fourth-order valence-electron chi connectivity index (χ4n) is 4.17. The van der Waals surface area contributed by atoms with Crippen molar-refractivity contribution in [3.63, 3.8) is 0 Å². The Morgan fingerprint density at radius 3 is 2.26 bits per heavy atom. The number of hydrogen-bond donors (Lipinski definition) is 2. The second kappa shape index (κ2) is 8.87. The number of esters is 1. The molecule has 2 N–H and O–H groups in total. The molecular weight excluding hydrogens is 402 g/mol. The lowest BCUT2D eigenvalue weighted by Crippen LogP contribution is -2.37. The van der Waals surface area contributed by atoms with Crippen LogP contribution in [0.4, 0.5) is 5.69 Å². The first kappa shape index (κ1) is 21.0. The molecule has 31 heavy (non-hydrogen) atoms. The fraction of sp³-hybridized carbons (Fsp3) is 0.500. The number of hydrogen-bond acceptors (Lipinski definition) is 6. The van der Waals surface area contributed by atoms with Crippen LogP contribution < -0.4 is 10.6 Å². The normalized spacial score (nSPS) is 22.6. The largest absolute Gasteiger partial charge is 0.454 e. The van der Waals surface area contributed by atoms with Gasteiger partial charge in [-0.05, 0) is 37.8 Å². The fourth-order valence-corrected chi connectivity index (χ4v) is 4.17. The molecule has 1 aliphatic heterocycles. The molecule has 1 heterocycles. The zero-order valence-corrected chi connectivity index (χ0v) is 17.1. The van der Waals surface area contributed by atoms with Crippen LogP contribution in [0.5, 0.6) is 0 Å². The van der Waals surface area contributed by atoms with E-state index in [-0.39, 0.29) is 35.6 Å². The number of benzene rings is 1. The van der Waals surface area contributed by atoms with Crippen LogP contribution in [0.25, 0.3) is 0 Å². The number of rotatable bonds is 7. The van der Waals surface area contributed by atoms with E-state index < -0.39 is 25.0 Å². The number of likely N-dealkylation sites (tertiary alicyclic amines) is 1. The number of carbonyl (C=O) groups excluding carboxylic acids is 5. The van der Waals surface area contributed by atoms with Crippen LogP contribution in [0, 0.1) is 11.8 Å². The Bertz CT molecular complexity index is 902. The van der Waals surface area contributed by atoms with Gasteiger partial charge >= 0.3 is 5.97 Å². The summed E-state index contributed by atoms with van der Waals surface area (Å²) in [6, 6.07) is 6.74. The van der Waals surface area contributed by atoms with Gasteiger partial charge in [0.25, 0.3) is 11.8 Å². The highest BCUT2D eigenvalue weighted by atomic mass is 16.5. The molecule has 0 radical (unpaired) electrons. The van der Waals surface area contributed by atoms with Crippen LogP contribution in [0.15, 0.2) is 24.3 Å². The third-order valence-electron chi connectivity index (χ3n) is 5.94. The van der Waals surface area contributed by atoms with E-state index in [0.29, 0.717) is 24.1 Å². The number of fused-ring (bicyclic) bond motifs is 1. The van der Waals surface area contributed by atoms with Crippen molar-refractivity contribution in [2.75, 3.05) is 18.5 Å². The molecule has 2 unspecified atom stereocenters. The van der Waals surface area contributed by atoms with Crippen LogP contribution in [0.1, 0.15) is 48.9 Å². The molecule has 1 saturated heterocycles. The molecule has 0 spiro atoms. The summed E-state index contributed by atoms with van der Waals surface area (Å²) in [5, 5.41) is 5.43. The van der Waals surface area contributed by atoms with E-state index in [4.69, 9.17) is 4.74 Å². The summed E-state index contributed by atoms with van der Waals surface area (Å²) in [5.74, 6) is -3.05. The Labute approximate surface area is 179 Å². The molecule has 0 bridgehead atoms. The lowest BCUT2D eigenvalue weighted by molar-refractivity contribution is -0.154. The molecule has 4 amide bonds. The van der Waals surface area contributed by atoms with Gasteiger partial charge in [0.2, 0.25) is 11.8 Å². The molecule has 4 rings (SSSR count). The number of para-hydroxylation sites is 1. The maximum absolute atomic E-state index is 12.4. The summed E-state index contributed by atoms with van der Waals surface area (Å²) in [5.41, 5.74) is 0.639. The highest BCUT2D eigenvalue weighted by molar-refractivity contribution is 6.07. The van der Waals surface area contributed by atoms with E-state index in [1.807, 2.05) is 0 Å². The minimum atomic E-state index is -0.824. The van der Waals surface area contributed by atoms with Crippen LogP contribution >= 0.6 is 0 Å². The predicted molar refractivity (Wildman–Crippen MR) is 109 cm³/mol. The summed E-state index contributed by atoms with van der Waals surface area (Å²) in [6.45, 7) is -1.07. The van der Waals surface area contributed by atoms with Gasteiger partial charge in [-0.25, -0.2) is 0 Å². The minimum Gasteiger partial charge on any atom is -0.454 e. The Morgan fingerprint density at radius 1 is 0.968 bits per heavy atom. The quantitative estimate of drug-likeness (QED) is 0.499. The number of anilines is 1. The lowest BCUT2D eigenvalue weighted by atomic mass is 9.81. The Morgan fingerprint density at radius 2 is 1.61 bits per heavy atom. The molecule has 9 nitrogen and oxygen atoms in total. The molecular formula is C22H25N3O6. The van der Waals surface area contributed by atoms with Crippen molar-refractivity contribution < 1.29 is 28.7 Å². The highest BCUT2D eigenvalue weighted by Gasteiger charge is 2.48. The molecule has 2 saturated carbocycles. The molecule has 164 valence electrons. The monoisotopic (exact) mass is 427 g/mol. The second-order valence-corrected chi connectivity index (χ2v) is 8.26. The number of carbonyl (C=O) groups is 5. The Hall–Kier alpha value is -3.23. The van der Waals surface area contributed by atoms with Crippen molar-refractivity contribution in [2.45, 2.75) is 44.6 Å². The maximum Gasteiger partial charge on any atom is 0.326 e. The van der Waals surface area contributed by atoms with Crippen molar-refractivity contribution >= 4 is 35.3 Å². The first-order valence-electron chi connectivity index (χ1n) is 10.6. The number of nitrogens with zero attached hydrogens (tertiary/aromatic N) is 1. The Balaban J connectivity index is 1.28. The zero-order chi connectivity index (χ0) is 22.0. The number of nitrogens with one attached hydrogen (secondary N) is 2. The smallest absolute Gasteiger partial charge is 0.326 e. The maximum atomic E-state index is 12.4.